The normalized spacial score (nSPS) is 18.4. The Morgan fingerprint density at radius 2 is 2.15 bits per heavy atom. The smallest absolute Gasteiger partial charge is 0.143 e. The van der Waals surface area contributed by atoms with Gasteiger partial charge < -0.3 is 9.84 Å². The molecular weight excluding hydrogens is 166 g/mol. The monoisotopic (exact) mass is 179 g/mol. The minimum Gasteiger partial charge on any atom is -0.495 e. The van der Waals surface area contributed by atoms with Gasteiger partial charge in [-0.15, -0.1) is 0 Å². The average molecular weight is 179 g/mol. The number of hydrogen-bond donors (Lipinski definition) is 1. The lowest BCUT2D eigenvalue weighted by Gasteiger charge is -2.12. The Morgan fingerprint density at radius 1 is 1.46 bits per heavy atom. The number of methoxy groups -OCH3 is 1. The summed E-state index contributed by atoms with van der Waals surface area (Å²) in [6.07, 6.45) is 1.58. The van der Waals surface area contributed by atoms with Crippen LogP contribution in [0, 0.1) is 6.92 Å². The third-order valence-corrected chi connectivity index (χ3v) is 2.38. The van der Waals surface area contributed by atoms with E-state index in [2.05, 4.69) is 4.98 Å². The van der Waals surface area contributed by atoms with Crippen molar-refractivity contribution < 1.29 is 9.84 Å². The molecule has 0 radical (unpaired) electrons. The zero-order chi connectivity index (χ0) is 9.47. The highest BCUT2D eigenvalue weighted by molar-refractivity contribution is 5.36. The molecule has 3 nitrogen and oxygen atoms in total. The fourth-order valence-corrected chi connectivity index (χ4v) is 1.40. The van der Waals surface area contributed by atoms with Gasteiger partial charge in [-0.3, -0.25) is 4.98 Å². The molecule has 1 N–H and O–H groups in total. The SMILES string of the molecule is COc1ccc(C)nc1C1(O)CC1. The topological polar surface area (TPSA) is 42.4 Å². The minimum absolute atomic E-state index is 0.686. The molecule has 0 unspecified atom stereocenters. The highest BCUT2D eigenvalue weighted by Crippen LogP contribution is 2.47. The standard InChI is InChI=1S/C10H13NO2/c1-7-3-4-8(13-2)9(11-7)10(12)5-6-10/h3-4,12H,5-6H2,1-2H3. The molecule has 0 aliphatic heterocycles. The lowest BCUT2D eigenvalue weighted by molar-refractivity contribution is 0.142. The zero-order valence-electron chi connectivity index (χ0n) is 7.87. The fourth-order valence-electron chi connectivity index (χ4n) is 1.40. The van der Waals surface area contributed by atoms with Gasteiger partial charge in [0.15, 0.2) is 0 Å². The van der Waals surface area contributed by atoms with Crippen LogP contribution >= 0.6 is 0 Å². The van der Waals surface area contributed by atoms with Crippen molar-refractivity contribution in [3.63, 3.8) is 0 Å². The van der Waals surface area contributed by atoms with E-state index in [1.165, 1.54) is 0 Å². The molecule has 1 aromatic rings. The van der Waals surface area contributed by atoms with Crippen molar-refractivity contribution in [3.05, 3.63) is 23.5 Å². The Kier molecular flexibility index (Phi) is 1.77. The molecule has 0 amide bonds. The van der Waals surface area contributed by atoms with Crippen molar-refractivity contribution in [3.8, 4) is 5.75 Å². The van der Waals surface area contributed by atoms with E-state index in [1.807, 2.05) is 19.1 Å². The van der Waals surface area contributed by atoms with Crippen molar-refractivity contribution in [2.75, 3.05) is 7.11 Å². The Balaban J connectivity index is 2.47. The number of aromatic nitrogens is 1. The van der Waals surface area contributed by atoms with Crippen LogP contribution in [0.15, 0.2) is 12.1 Å². The van der Waals surface area contributed by atoms with Crippen molar-refractivity contribution >= 4 is 0 Å². The zero-order valence-corrected chi connectivity index (χ0v) is 7.87. The number of aliphatic hydroxyl groups is 1. The predicted molar refractivity (Wildman–Crippen MR) is 48.7 cm³/mol. The van der Waals surface area contributed by atoms with Crippen LogP contribution in [0.1, 0.15) is 24.2 Å². The van der Waals surface area contributed by atoms with Crippen molar-refractivity contribution in [1.82, 2.24) is 4.98 Å². The second kappa shape index (κ2) is 2.70. The average Bonchev–Trinajstić information content (AvgIpc) is 2.85. The van der Waals surface area contributed by atoms with Crippen LogP contribution in [-0.2, 0) is 5.60 Å². The first-order valence-corrected chi connectivity index (χ1v) is 4.40. The molecule has 1 aliphatic rings. The number of rotatable bonds is 2. The first kappa shape index (κ1) is 8.51. The fraction of sp³-hybridized carbons (Fsp3) is 0.500. The second-order valence-electron chi connectivity index (χ2n) is 3.54. The van der Waals surface area contributed by atoms with Gasteiger partial charge in [0.25, 0.3) is 0 Å². The van der Waals surface area contributed by atoms with E-state index in [0.717, 1.165) is 18.5 Å². The Bertz CT molecular complexity index is 332. The first-order valence-electron chi connectivity index (χ1n) is 4.40. The van der Waals surface area contributed by atoms with Crippen LogP contribution in [0.25, 0.3) is 0 Å². The van der Waals surface area contributed by atoms with Crippen LogP contribution in [-0.4, -0.2) is 17.2 Å². The molecule has 0 aromatic carbocycles. The van der Waals surface area contributed by atoms with Crippen LogP contribution in [0.2, 0.25) is 0 Å². The largest absolute Gasteiger partial charge is 0.495 e. The number of ether oxygens (including phenoxy) is 1. The van der Waals surface area contributed by atoms with Gasteiger partial charge in [-0.2, -0.15) is 0 Å². The maximum Gasteiger partial charge on any atom is 0.143 e. The Labute approximate surface area is 77.4 Å². The number of nitrogens with zero attached hydrogens (tertiary/aromatic N) is 1. The van der Waals surface area contributed by atoms with Gasteiger partial charge in [0.1, 0.15) is 17.0 Å². The number of pyridine rings is 1. The second-order valence-corrected chi connectivity index (χ2v) is 3.54. The van der Waals surface area contributed by atoms with E-state index < -0.39 is 5.60 Å². The summed E-state index contributed by atoms with van der Waals surface area (Å²) in [5.74, 6) is 0.686. The van der Waals surface area contributed by atoms with Gasteiger partial charge in [0.2, 0.25) is 0 Å². The van der Waals surface area contributed by atoms with Crippen LogP contribution in [0.4, 0.5) is 0 Å². The quantitative estimate of drug-likeness (QED) is 0.745. The molecule has 1 aliphatic carbocycles. The maximum atomic E-state index is 9.89. The summed E-state index contributed by atoms with van der Waals surface area (Å²) in [4.78, 5) is 4.30. The van der Waals surface area contributed by atoms with Gasteiger partial charge in [0.05, 0.1) is 7.11 Å². The number of aryl methyl sites for hydroxylation is 1. The molecular formula is C10H13NO2. The predicted octanol–water partition coefficient (Wildman–Crippen LogP) is 1.38. The van der Waals surface area contributed by atoms with Gasteiger partial charge in [-0.05, 0) is 31.9 Å². The molecule has 0 saturated heterocycles. The first-order chi connectivity index (χ1) is 6.15. The summed E-state index contributed by atoms with van der Waals surface area (Å²) >= 11 is 0. The molecule has 3 heteroatoms. The molecule has 13 heavy (non-hydrogen) atoms. The summed E-state index contributed by atoms with van der Waals surface area (Å²) < 4.78 is 5.14. The molecule has 1 aromatic heterocycles. The molecule has 2 rings (SSSR count). The highest BCUT2D eigenvalue weighted by atomic mass is 16.5. The molecule has 1 saturated carbocycles. The minimum atomic E-state index is -0.711. The molecule has 0 bridgehead atoms. The summed E-state index contributed by atoms with van der Waals surface area (Å²) in [5, 5.41) is 9.89. The molecule has 1 heterocycles. The van der Waals surface area contributed by atoms with Crippen LogP contribution in [0.5, 0.6) is 5.75 Å². The van der Waals surface area contributed by atoms with Crippen molar-refractivity contribution in [2.24, 2.45) is 0 Å². The summed E-state index contributed by atoms with van der Waals surface area (Å²) in [5.41, 5.74) is 0.892. The van der Waals surface area contributed by atoms with Gasteiger partial charge >= 0.3 is 0 Å². The van der Waals surface area contributed by atoms with E-state index in [4.69, 9.17) is 4.74 Å². The third-order valence-electron chi connectivity index (χ3n) is 2.38. The molecule has 70 valence electrons. The lowest BCUT2D eigenvalue weighted by Crippen LogP contribution is -2.10. The number of hydrogen-bond acceptors (Lipinski definition) is 3. The van der Waals surface area contributed by atoms with Crippen molar-refractivity contribution in [1.29, 1.82) is 0 Å². The van der Waals surface area contributed by atoms with Crippen LogP contribution in [0.3, 0.4) is 0 Å². The summed E-state index contributed by atoms with van der Waals surface area (Å²) in [6, 6.07) is 3.74. The Hall–Kier alpha value is -1.09. The van der Waals surface area contributed by atoms with Gasteiger partial charge in [-0.25, -0.2) is 0 Å². The molecule has 0 atom stereocenters. The molecule has 1 fully saturated rings. The maximum absolute atomic E-state index is 9.89. The third kappa shape index (κ3) is 1.40. The van der Waals surface area contributed by atoms with Gasteiger partial charge in [-0.1, -0.05) is 0 Å². The van der Waals surface area contributed by atoms with Crippen LogP contribution < -0.4 is 4.74 Å². The van der Waals surface area contributed by atoms with E-state index in [1.54, 1.807) is 7.11 Å². The van der Waals surface area contributed by atoms with Crippen molar-refractivity contribution in [2.45, 2.75) is 25.4 Å². The van der Waals surface area contributed by atoms with E-state index >= 15 is 0 Å². The lowest BCUT2D eigenvalue weighted by atomic mass is 10.2. The summed E-state index contributed by atoms with van der Waals surface area (Å²) in [7, 11) is 1.60. The summed E-state index contributed by atoms with van der Waals surface area (Å²) in [6.45, 7) is 1.91. The highest BCUT2D eigenvalue weighted by Gasteiger charge is 2.45. The van der Waals surface area contributed by atoms with E-state index in [-0.39, 0.29) is 0 Å². The Morgan fingerprint density at radius 3 is 2.69 bits per heavy atom. The van der Waals surface area contributed by atoms with E-state index in [9.17, 15) is 5.11 Å². The van der Waals surface area contributed by atoms with E-state index in [0.29, 0.717) is 11.4 Å². The molecule has 0 spiro atoms. The van der Waals surface area contributed by atoms with Gasteiger partial charge in [0, 0.05) is 5.69 Å².